The van der Waals surface area contributed by atoms with E-state index in [1.165, 1.54) is 34.2 Å². The fourth-order valence-corrected chi connectivity index (χ4v) is 4.45. The maximum absolute atomic E-state index is 13.5. The standard InChI is InChI=1S/C22H22N4O5S/c1-15-12-20(27)21(23-25(15)18-8-2-3-9-19(18)26(29)30)22(28)24(13-16-6-4-10-31-16)14-17-7-5-11-32-17/h2-3,5,7-9,11-12,16H,4,6,10,13-14H2,1H3. The molecule has 1 aromatic carbocycles. The fraction of sp³-hybridized carbons (Fsp3) is 0.318. The van der Waals surface area contributed by atoms with Crippen LogP contribution in [0.15, 0.2) is 52.6 Å². The molecule has 0 bridgehead atoms. The van der Waals surface area contributed by atoms with Gasteiger partial charge in [0.25, 0.3) is 11.6 Å². The highest BCUT2D eigenvalue weighted by molar-refractivity contribution is 7.09. The summed E-state index contributed by atoms with van der Waals surface area (Å²) >= 11 is 1.52. The van der Waals surface area contributed by atoms with Crippen LogP contribution in [0.5, 0.6) is 0 Å². The molecule has 0 spiro atoms. The van der Waals surface area contributed by atoms with Gasteiger partial charge in [-0.15, -0.1) is 11.3 Å². The summed E-state index contributed by atoms with van der Waals surface area (Å²) in [5.74, 6) is -0.522. The first kappa shape index (κ1) is 21.8. The van der Waals surface area contributed by atoms with Gasteiger partial charge in [0.15, 0.2) is 5.69 Å². The van der Waals surface area contributed by atoms with Crippen molar-refractivity contribution in [3.8, 4) is 5.69 Å². The Hall–Kier alpha value is -3.37. The van der Waals surface area contributed by atoms with Crippen molar-refractivity contribution in [3.05, 3.63) is 84.4 Å². The van der Waals surface area contributed by atoms with Crippen molar-refractivity contribution in [2.75, 3.05) is 13.2 Å². The molecule has 1 amide bonds. The van der Waals surface area contributed by atoms with Crippen LogP contribution < -0.4 is 5.43 Å². The highest BCUT2D eigenvalue weighted by Gasteiger charge is 2.27. The lowest BCUT2D eigenvalue weighted by atomic mass is 10.2. The third-order valence-corrected chi connectivity index (χ3v) is 6.14. The highest BCUT2D eigenvalue weighted by Crippen LogP contribution is 2.23. The minimum Gasteiger partial charge on any atom is -0.376 e. The predicted molar refractivity (Wildman–Crippen MR) is 119 cm³/mol. The molecule has 1 aliphatic rings. The molecule has 166 valence electrons. The number of carbonyl (C=O) groups excluding carboxylic acids is 1. The second kappa shape index (κ2) is 9.41. The monoisotopic (exact) mass is 454 g/mol. The molecular weight excluding hydrogens is 432 g/mol. The topological polar surface area (TPSA) is 108 Å². The Morgan fingerprint density at radius 2 is 2.16 bits per heavy atom. The van der Waals surface area contributed by atoms with Gasteiger partial charge in [-0.05, 0) is 37.3 Å². The molecule has 32 heavy (non-hydrogen) atoms. The smallest absolute Gasteiger partial charge is 0.294 e. The maximum Gasteiger partial charge on any atom is 0.294 e. The van der Waals surface area contributed by atoms with Gasteiger partial charge in [0, 0.05) is 35.9 Å². The van der Waals surface area contributed by atoms with Gasteiger partial charge in [-0.3, -0.25) is 19.7 Å². The van der Waals surface area contributed by atoms with Gasteiger partial charge in [-0.1, -0.05) is 18.2 Å². The number of amides is 1. The first-order chi connectivity index (χ1) is 15.4. The van der Waals surface area contributed by atoms with Crippen LogP contribution in [-0.4, -0.2) is 44.8 Å². The minimum absolute atomic E-state index is 0.0956. The highest BCUT2D eigenvalue weighted by atomic mass is 32.1. The van der Waals surface area contributed by atoms with Gasteiger partial charge in [-0.25, -0.2) is 4.68 Å². The number of nitro groups is 1. The van der Waals surface area contributed by atoms with Crippen LogP contribution in [0.2, 0.25) is 0 Å². The average molecular weight is 455 g/mol. The lowest BCUT2D eigenvalue weighted by molar-refractivity contribution is -0.384. The summed E-state index contributed by atoms with van der Waals surface area (Å²) in [6, 6.07) is 11.2. The van der Waals surface area contributed by atoms with Crippen molar-refractivity contribution in [2.24, 2.45) is 0 Å². The molecule has 3 heterocycles. The fourth-order valence-electron chi connectivity index (χ4n) is 3.73. The summed E-state index contributed by atoms with van der Waals surface area (Å²) in [7, 11) is 0. The van der Waals surface area contributed by atoms with Gasteiger partial charge >= 0.3 is 0 Å². The summed E-state index contributed by atoms with van der Waals surface area (Å²) < 4.78 is 6.98. The van der Waals surface area contributed by atoms with E-state index in [0.29, 0.717) is 25.4 Å². The van der Waals surface area contributed by atoms with E-state index in [1.807, 2.05) is 17.5 Å². The summed E-state index contributed by atoms with van der Waals surface area (Å²) in [5.41, 5.74) is -0.383. The molecule has 0 radical (unpaired) electrons. The van der Waals surface area contributed by atoms with Crippen LogP contribution in [0.25, 0.3) is 5.69 Å². The summed E-state index contributed by atoms with van der Waals surface area (Å²) in [5, 5.41) is 17.7. The number of para-hydroxylation sites is 2. The largest absolute Gasteiger partial charge is 0.376 e. The third kappa shape index (κ3) is 4.61. The molecule has 1 atom stereocenters. The van der Waals surface area contributed by atoms with E-state index < -0.39 is 16.3 Å². The van der Waals surface area contributed by atoms with Crippen molar-refractivity contribution in [3.63, 3.8) is 0 Å². The molecule has 2 aromatic heterocycles. The molecule has 3 aromatic rings. The number of ether oxygens (including phenoxy) is 1. The van der Waals surface area contributed by atoms with Crippen molar-refractivity contribution in [1.82, 2.24) is 14.7 Å². The average Bonchev–Trinajstić information content (AvgIpc) is 3.47. The Kier molecular flexibility index (Phi) is 6.42. The Morgan fingerprint density at radius 1 is 1.34 bits per heavy atom. The SMILES string of the molecule is Cc1cc(=O)c(C(=O)N(Cc2cccs2)CC2CCCO2)nn1-c1ccccc1[N+](=O)[O-]. The molecule has 1 saturated heterocycles. The number of thiophene rings is 1. The zero-order chi connectivity index (χ0) is 22.7. The van der Waals surface area contributed by atoms with Gasteiger partial charge in [-0.2, -0.15) is 5.10 Å². The molecule has 10 heteroatoms. The molecule has 1 unspecified atom stereocenters. The maximum atomic E-state index is 13.5. The van der Waals surface area contributed by atoms with E-state index in [1.54, 1.807) is 24.0 Å². The quantitative estimate of drug-likeness (QED) is 0.400. The lowest BCUT2D eigenvalue weighted by Gasteiger charge is -2.25. The summed E-state index contributed by atoms with van der Waals surface area (Å²) in [4.78, 5) is 39.7. The summed E-state index contributed by atoms with van der Waals surface area (Å²) in [6.07, 6.45) is 1.68. The molecule has 4 rings (SSSR count). The number of aryl methyl sites for hydroxylation is 1. The Balaban J connectivity index is 1.73. The number of rotatable bonds is 7. The van der Waals surface area contributed by atoms with Crippen LogP contribution in [0.1, 0.15) is 33.9 Å². The Labute approximate surface area is 188 Å². The van der Waals surface area contributed by atoms with Crippen LogP contribution >= 0.6 is 11.3 Å². The van der Waals surface area contributed by atoms with Crippen molar-refractivity contribution < 1.29 is 14.5 Å². The van der Waals surface area contributed by atoms with E-state index in [0.717, 1.165) is 17.7 Å². The number of nitrogens with zero attached hydrogens (tertiary/aromatic N) is 4. The first-order valence-corrected chi connectivity index (χ1v) is 11.1. The van der Waals surface area contributed by atoms with Crippen LogP contribution in [0.3, 0.4) is 0 Å². The van der Waals surface area contributed by atoms with E-state index in [4.69, 9.17) is 4.74 Å². The van der Waals surface area contributed by atoms with Gasteiger partial charge in [0.05, 0.1) is 17.6 Å². The number of nitro benzene ring substituents is 1. The second-order valence-electron chi connectivity index (χ2n) is 7.56. The number of hydrogen-bond donors (Lipinski definition) is 0. The number of benzene rings is 1. The molecule has 0 aliphatic carbocycles. The number of carbonyl (C=O) groups is 1. The molecule has 0 N–H and O–H groups in total. The van der Waals surface area contributed by atoms with E-state index in [2.05, 4.69) is 5.10 Å². The zero-order valence-corrected chi connectivity index (χ0v) is 18.3. The molecule has 9 nitrogen and oxygen atoms in total. The zero-order valence-electron chi connectivity index (χ0n) is 17.5. The van der Waals surface area contributed by atoms with Gasteiger partial charge < -0.3 is 9.64 Å². The van der Waals surface area contributed by atoms with Gasteiger partial charge in [0.2, 0.25) is 5.43 Å². The first-order valence-electron chi connectivity index (χ1n) is 10.2. The minimum atomic E-state index is -0.522. The van der Waals surface area contributed by atoms with Crippen molar-refractivity contribution in [2.45, 2.75) is 32.4 Å². The van der Waals surface area contributed by atoms with E-state index in [9.17, 15) is 19.7 Å². The van der Waals surface area contributed by atoms with Crippen molar-refractivity contribution >= 4 is 22.9 Å². The third-order valence-electron chi connectivity index (χ3n) is 5.28. The second-order valence-corrected chi connectivity index (χ2v) is 8.59. The number of aromatic nitrogens is 2. The normalized spacial score (nSPS) is 15.6. The Morgan fingerprint density at radius 3 is 2.84 bits per heavy atom. The van der Waals surface area contributed by atoms with Crippen LogP contribution in [0, 0.1) is 17.0 Å². The molecule has 1 fully saturated rings. The van der Waals surface area contributed by atoms with E-state index in [-0.39, 0.29) is 23.2 Å². The van der Waals surface area contributed by atoms with E-state index >= 15 is 0 Å². The predicted octanol–water partition coefficient (Wildman–Crippen LogP) is 3.33. The summed E-state index contributed by atoms with van der Waals surface area (Å²) in [6.45, 7) is 2.95. The Bertz CT molecular complexity index is 1190. The van der Waals surface area contributed by atoms with Crippen LogP contribution in [0.4, 0.5) is 5.69 Å². The molecule has 1 aliphatic heterocycles. The van der Waals surface area contributed by atoms with Gasteiger partial charge in [0.1, 0.15) is 5.69 Å². The lowest BCUT2D eigenvalue weighted by Crippen LogP contribution is -2.40. The van der Waals surface area contributed by atoms with Crippen LogP contribution in [-0.2, 0) is 11.3 Å². The number of hydrogen-bond acceptors (Lipinski definition) is 7. The van der Waals surface area contributed by atoms with Crippen molar-refractivity contribution in [1.29, 1.82) is 0 Å². The molecule has 0 saturated carbocycles. The molecular formula is C22H22N4O5S.